The predicted octanol–water partition coefficient (Wildman–Crippen LogP) is 1.76. The van der Waals surface area contributed by atoms with Gasteiger partial charge in [-0.2, -0.15) is 4.98 Å². The first-order chi connectivity index (χ1) is 6.69. The molecule has 4 nitrogen and oxygen atoms in total. The third-order valence-electron chi connectivity index (χ3n) is 2.08. The maximum absolute atomic E-state index is 5.47. The molecule has 0 aliphatic rings. The summed E-state index contributed by atoms with van der Waals surface area (Å²) in [6.45, 7) is 7.79. The van der Waals surface area contributed by atoms with Crippen LogP contribution < -0.4 is 10.6 Å². The van der Waals surface area contributed by atoms with Gasteiger partial charge >= 0.3 is 0 Å². The van der Waals surface area contributed by atoms with Crippen LogP contribution in [0.25, 0.3) is 0 Å². The second kappa shape index (κ2) is 5.00. The lowest BCUT2D eigenvalue weighted by Gasteiger charge is -2.23. The molecule has 0 saturated carbocycles. The van der Waals surface area contributed by atoms with Crippen LogP contribution in [-0.4, -0.2) is 17.6 Å². The van der Waals surface area contributed by atoms with Crippen LogP contribution in [0.4, 0.5) is 6.01 Å². The van der Waals surface area contributed by atoms with Gasteiger partial charge in [-0.1, -0.05) is 6.92 Å². The number of hydrogen-bond donors (Lipinski definition) is 1. The molecule has 14 heavy (non-hydrogen) atoms. The van der Waals surface area contributed by atoms with Gasteiger partial charge in [0, 0.05) is 19.1 Å². The Morgan fingerprint density at radius 2 is 2.29 bits per heavy atom. The normalized spacial score (nSPS) is 10.9. The highest BCUT2D eigenvalue weighted by atomic mass is 16.4. The van der Waals surface area contributed by atoms with Crippen LogP contribution in [0.2, 0.25) is 0 Å². The SMILES string of the molecule is CCCN(c1nc(CN)co1)C(C)C. The maximum atomic E-state index is 5.47. The van der Waals surface area contributed by atoms with E-state index in [1.807, 2.05) is 0 Å². The van der Waals surface area contributed by atoms with E-state index >= 15 is 0 Å². The summed E-state index contributed by atoms with van der Waals surface area (Å²) < 4.78 is 5.37. The van der Waals surface area contributed by atoms with E-state index in [9.17, 15) is 0 Å². The molecule has 0 aliphatic heterocycles. The zero-order valence-corrected chi connectivity index (χ0v) is 9.16. The van der Waals surface area contributed by atoms with Crippen molar-refractivity contribution in [1.29, 1.82) is 0 Å². The Morgan fingerprint density at radius 1 is 1.57 bits per heavy atom. The molecule has 1 heterocycles. The van der Waals surface area contributed by atoms with E-state index in [0.717, 1.165) is 18.7 Å². The molecule has 0 atom stereocenters. The first kappa shape index (κ1) is 11.0. The fourth-order valence-electron chi connectivity index (χ4n) is 1.34. The van der Waals surface area contributed by atoms with Crippen LogP contribution in [0.1, 0.15) is 32.9 Å². The van der Waals surface area contributed by atoms with Crippen molar-refractivity contribution in [2.45, 2.75) is 39.8 Å². The Kier molecular flexibility index (Phi) is 3.95. The fourth-order valence-corrected chi connectivity index (χ4v) is 1.34. The van der Waals surface area contributed by atoms with Gasteiger partial charge in [0.15, 0.2) is 0 Å². The number of rotatable bonds is 5. The number of oxazole rings is 1. The van der Waals surface area contributed by atoms with E-state index in [1.165, 1.54) is 0 Å². The summed E-state index contributed by atoms with van der Waals surface area (Å²) in [5.41, 5.74) is 6.28. The van der Waals surface area contributed by atoms with Crippen molar-refractivity contribution in [2.75, 3.05) is 11.4 Å². The molecule has 0 aliphatic carbocycles. The lowest BCUT2D eigenvalue weighted by atomic mass is 10.3. The third kappa shape index (κ3) is 2.48. The van der Waals surface area contributed by atoms with Crippen LogP contribution in [0.5, 0.6) is 0 Å². The Morgan fingerprint density at radius 3 is 2.71 bits per heavy atom. The van der Waals surface area contributed by atoms with Gasteiger partial charge in [0.25, 0.3) is 6.01 Å². The summed E-state index contributed by atoms with van der Waals surface area (Å²) in [6, 6.07) is 1.08. The molecular formula is C10H19N3O. The lowest BCUT2D eigenvalue weighted by Crippen LogP contribution is -2.31. The minimum atomic E-state index is 0.402. The van der Waals surface area contributed by atoms with Crippen LogP contribution in [0, 0.1) is 0 Å². The van der Waals surface area contributed by atoms with Crippen molar-refractivity contribution in [2.24, 2.45) is 5.73 Å². The largest absolute Gasteiger partial charge is 0.432 e. The van der Waals surface area contributed by atoms with Gasteiger partial charge in [-0.05, 0) is 20.3 Å². The summed E-state index contributed by atoms with van der Waals surface area (Å²) in [6.07, 6.45) is 2.71. The topological polar surface area (TPSA) is 55.3 Å². The quantitative estimate of drug-likeness (QED) is 0.781. The molecule has 0 unspecified atom stereocenters. The molecule has 1 aromatic rings. The molecule has 2 N–H and O–H groups in total. The first-order valence-corrected chi connectivity index (χ1v) is 5.10. The third-order valence-corrected chi connectivity index (χ3v) is 2.08. The highest BCUT2D eigenvalue weighted by Gasteiger charge is 2.14. The van der Waals surface area contributed by atoms with E-state index in [1.54, 1.807) is 6.26 Å². The predicted molar refractivity (Wildman–Crippen MR) is 57.2 cm³/mol. The van der Waals surface area contributed by atoms with Crippen molar-refractivity contribution in [3.63, 3.8) is 0 Å². The van der Waals surface area contributed by atoms with Gasteiger partial charge in [-0.15, -0.1) is 0 Å². The molecule has 0 radical (unpaired) electrons. The summed E-state index contributed by atoms with van der Waals surface area (Å²) in [7, 11) is 0. The molecule has 0 aromatic carbocycles. The molecule has 0 saturated heterocycles. The Hall–Kier alpha value is -1.03. The van der Waals surface area contributed by atoms with Crippen molar-refractivity contribution in [3.8, 4) is 0 Å². The highest BCUT2D eigenvalue weighted by Crippen LogP contribution is 2.16. The number of nitrogens with two attached hydrogens (primary N) is 1. The van der Waals surface area contributed by atoms with Crippen LogP contribution in [-0.2, 0) is 6.54 Å². The lowest BCUT2D eigenvalue weighted by molar-refractivity contribution is 0.509. The molecule has 1 aromatic heterocycles. The molecule has 80 valence electrons. The van der Waals surface area contributed by atoms with E-state index in [4.69, 9.17) is 10.2 Å². The highest BCUT2D eigenvalue weighted by molar-refractivity contribution is 5.28. The van der Waals surface area contributed by atoms with Crippen molar-refractivity contribution >= 4 is 6.01 Å². The summed E-state index contributed by atoms with van der Waals surface area (Å²) >= 11 is 0. The van der Waals surface area contributed by atoms with E-state index in [-0.39, 0.29) is 0 Å². The molecule has 1 rings (SSSR count). The van der Waals surface area contributed by atoms with E-state index < -0.39 is 0 Å². The number of anilines is 1. The average molecular weight is 197 g/mol. The van der Waals surface area contributed by atoms with Gasteiger partial charge in [-0.25, -0.2) is 0 Å². The van der Waals surface area contributed by atoms with Gasteiger partial charge in [-0.3, -0.25) is 0 Å². The molecule has 0 amide bonds. The van der Waals surface area contributed by atoms with E-state index in [2.05, 4.69) is 30.7 Å². The smallest absolute Gasteiger partial charge is 0.297 e. The van der Waals surface area contributed by atoms with Crippen molar-refractivity contribution < 1.29 is 4.42 Å². The van der Waals surface area contributed by atoms with Gasteiger partial charge in [0.1, 0.15) is 6.26 Å². The van der Waals surface area contributed by atoms with Crippen molar-refractivity contribution in [3.05, 3.63) is 12.0 Å². The monoisotopic (exact) mass is 197 g/mol. The van der Waals surface area contributed by atoms with Gasteiger partial charge < -0.3 is 15.1 Å². The Labute approximate surface area is 85.1 Å². The van der Waals surface area contributed by atoms with E-state index in [0.29, 0.717) is 18.6 Å². The summed E-state index contributed by atoms with van der Waals surface area (Å²) in [4.78, 5) is 6.44. The van der Waals surface area contributed by atoms with Crippen LogP contribution >= 0.6 is 0 Å². The molecule has 4 heteroatoms. The second-order valence-corrected chi connectivity index (χ2v) is 3.61. The molecule has 0 bridgehead atoms. The molecule has 0 fully saturated rings. The summed E-state index contributed by atoms with van der Waals surface area (Å²) in [5.74, 6) is 0. The Bertz CT molecular complexity index is 270. The maximum Gasteiger partial charge on any atom is 0.297 e. The molecule has 0 spiro atoms. The fraction of sp³-hybridized carbons (Fsp3) is 0.700. The zero-order valence-electron chi connectivity index (χ0n) is 9.16. The van der Waals surface area contributed by atoms with Crippen molar-refractivity contribution in [1.82, 2.24) is 4.98 Å². The number of hydrogen-bond acceptors (Lipinski definition) is 4. The average Bonchev–Trinajstić information content (AvgIpc) is 2.61. The second-order valence-electron chi connectivity index (χ2n) is 3.61. The minimum absolute atomic E-state index is 0.402. The zero-order chi connectivity index (χ0) is 10.6. The van der Waals surface area contributed by atoms with Gasteiger partial charge in [0.2, 0.25) is 0 Å². The summed E-state index contributed by atoms with van der Waals surface area (Å²) in [5, 5.41) is 0. The first-order valence-electron chi connectivity index (χ1n) is 5.10. The van der Waals surface area contributed by atoms with Gasteiger partial charge in [0.05, 0.1) is 5.69 Å². The standard InChI is InChI=1S/C10H19N3O/c1-4-5-13(8(2)3)10-12-9(6-11)7-14-10/h7-8H,4-6,11H2,1-3H3. The Balaban J connectivity index is 2.76. The number of aromatic nitrogens is 1. The number of nitrogens with zero attached hydrogens (tertiary/aromatic N) is 2. The molecular weight excluding hydrogens is 178 g/mol. The van der Waals surface area contributed by atoms with Crippen LogP contribution in [0.3, 0.4) is 0 Å². The van der Waals surface area contributed by atoms with Crippen LogP contribution in [0.15, 0.2) is 10.7 Å². The minimum Gasteiger partial charge on any atom is -0.432 e.